The molecule has 0 aliphatic rings. The molecule has 0 fully saturated rings. The van der Waals surface area contributed by atoms with Crippen LogP contribution in [0.1, 0.15) is 0 Å². The summed E-state index contributed by atoms with van der Waals surface area (Å²) < 4.78 is 4.48. The molecule has 3 nitrogen and oxygen atoms in total. The average Bonchev–Trinajstić information content (AvgIpc) is 3.40. The molecule has 0 unspecified atom stereocenters. The van der Waals surface area contributed by atoms with Gasteiger partial charge in [0, 0.05) is 31.4 Å². The highest BCUT2D eigenvalue weighted by atomic mass is 35.5. The molecule has 4 aromatic carbocycles. The van der Waals surface area contributed by atoms with E-state index in [-0.39, 0.29) is 0 Å². The van der Waals surface area contributed by atoms with Crippen molar-refractivity contribution < 1.29 is 0 Å². The maximum Gasteiger partial charge on any atom is 0.162 e. The number of aromatic nitrogens is 3. The minimum atomic E-state index is 0.708. The standard InChI is InChI=1S/C28H16ClN3S/c29-18-14-15-24-21(16-18)25-26(33-24)28(31-27(30-25)17-8-2-1-3-9-17)32-22-12-6-4-10-19(22)20-11-5-7-13-23(20)32/h1-16H. The van der Waals surface area contributed by atoms with E-state index in [1.54, 1.807) is 11.3 Å². The summed E-state index contributed by atoms with van der Waals surface area (Å²) in [6.07, 6.45) is 0. The topological polar surface area (TPSA) is 30.7 Å². The van der Waals surface area contributed by atoms with Gasteiger partial charge in [-0.05, 0) is 30.3 Å². The molecule has 0 radical (unpaired) electrons. The van der Waals surface area contributed by atoms with Crippen molar-refractivity contribution in [1.82, 2.24) is 14.5 Å². The van der Waals surface area contributed by atoms with Crippen LogP contribution in [0.3, 0.4) is 0 Å². The summed E-state index contributed by atoms with van der Waals surface area (Å²) in [5.41, 5.74) is 4.19. The number of benzene rings is 4. The van der Waals surface area contributed by atoms with Gasteiger partial charge in [-0.25, -0.2) is 9.97 Å². The van der Waals surface area contributed by atoms with Gasteiger partial charge in [-0.1, -0.05) is 78.3 Å². The summed E-state index contributed by atoms with van der Waals surface area (Å²) in [6, 6.07) is 33.2. The lowest BCUT2D eigenvalue weighted by molar-refractivity contribution is 1.08. The Bertz CT molecular complexity index is 1780. The molecule has 0 aliphatic carbocycles. The highest BCUT2D eigenvalue weighted by Gasteiger charge is 2.20. The third-order valence-corrected chi connectivity index (χ3v) is 7.47. The summed E-state index contributed by atoms with van der Waals surface area (Å²) in [5.74, 6) is 1.60. The fourth-order valence-corrected chi connectivity index (χ4v) is 5.89. The third kappa shape index (κ3) is 2.81. The third-order valence-electron chi connectivity index (χ3n) is 6.08. The largest absolute Gasteiger partial charge is 0.292 e. The van der Waals surface area contributed by atoms with Crippen LogP contribution in [-0.2, 0) is 0 Å². The van der Waals surface area contributed by atoms with E-state index in [2.05, 4.69) is 71.3 Å². The number of nitrogens with zero attached hydrogens (tertiary/aromatic N) is 3. The second kappa shape index (κ2) is 7.14. The Balaban J connectivity index is 1.69. The normalized spacial score (nSPS) is 11.8. The molecular formula is C28H16ClN3S. The molecule has 0 saturated carbocycles. The van der Waals surface area contributed by atoms with E-state index in [0.717, 1.165) is 42.7 Å². The van der Waals surface area contributed by atoms with Gasteiger partial charge in [-0.3, -0.25) is 4.57 Å². The number of rotatable bonds is 2. The minimum Gasteiger partial charge on any atom is -0.292 e. The van der Waals surface area contributed by atoms with E-state index >= 15 is 0 Å². The highest BCUT2D eigenvalue weighted by Crippen LogP contribution is 2.40. The molecule has 5 heteroatoms. The van der Waals surface area contributed by atoms with Crippen molar-refractivity contribution in [1.29, 1.82) is 0 Å². The number of fused-ring (bicyclic) bond motifs is 6. The van der Waals surface area contributed by atoms with E-state index in [1.165, 1.54) is 10.8 Å². The van der Waals surface area contributed by atoms with Crippen molar-refractivity contribution in [2.45, 2.75) is 0 Å². The zero-order chi connectivity index (χ0) is 21.9. The summed E-state index contributed by atoms with van der Waals surface area (Å²) >= 11 is 8.10. The Morgan fingerprint density at radius 2 is 1.33 bits per heavy atom. The smallest absolute Gasteiger partial charge is 0.162 e. The fraction of sp³-hybridized carbons (Fsp3) is 0. The lowest BCUT2D eigenvalue weighted by Crippen LogP contribution is -2.01. The molecule has 7 aromatic rings. The molecule has 3 aromatic heterocycles. The summed E-state index contributed by atoms with van der Waals surface area (Å²) in [5, 5.41) is 4.19. The van der Waals surface area contributed by atoms with Crippen molar-refractivity contribution >= 4 is 65.0 Å². The van der Waals surface area contributed by atoms with Gasteiger partial charge in [0.2, 0.25) is 0 Å². The molecule has 0 atom stereocenters. The van der Waals surface area contributed by atoms with Crippen LogP contribution in [-0.4, -0.2) is 14.5 Å². The van der Waals surface area contributed by atoms with E-state index in [0.29, 0.717) is 10.8 Å². The van der Waals surface area contributed by atoms with Crippen LogP contribution in [0.5, 0.6) is 0 Å². The Morgan fingerprint density at radius 3 is 2.06 bits per heavy atom. The predicted octanol–water partition coefficient (Wildman–Crippen LogP) is 8.26. The first-order valence-corrected chi connectivity index (χ1v) is 11.9. The van der Waals surface area contributed by atoms with Crippen LogP contribution < -0.4 is 0 Å². The number of halogens is 1. The molecule has 0 N–H and O–H groups in total. The first-order valence-electron chi connectivity index (χ1n) is 10.7. The van der Waals surface area contributed by atoms with Crippen LogP contribution in [0.25, 0.3) is 59.3 Å². The van der Waals surface area contributed by atoms with E-state index in [1.807, 2.05) is 30.3 Å². The zero-order valence-electron chi connectivity index (χ0n) is 17.4. The quantitative estimate of drug-likeness (QED) is 0.259. The number of hydrogen-bond donors (Lipinski definition) is 0. The lowest BCUT2D eigenvalue weighted by atomic mass is 10.2. The Hall–Kier alpha value is -3.73. The van der Waals surface area contributed by atoms with Crippen molar-refractivity contribution in [3.8, 4) is 17.2 Å². The first-order chi connectivity index (χ1) is 16.3. The molecule has 7 rings (SSSR count). The van der Waals surface area contributed by atoms with E-state index < -0.39 is 0 Å². The van der Waals surface area contributed by atoms with Crippen LogP contribution in [0.15, 0.2) is 97.1 Å². The van der Waals surface area contributed by atoms with Crippen molar-refractivity contribution in [3.05, 3.63) is 102 Å². The van der Waals surface area contributed by atoms with Gasteiger partial charge in [-0.2, -0.15) is 0 Å². The zero-order valence-corrected chi connectivity index (χ0v) is 18.9. The average molecular weight is 462 g/mol. The maximum atomic E-state index is 6.38. The number of para-hydroxylation sites is 2. The summed E-state index contributed by atoms with van der Waals surface area (Å²) in [4.78, 5) is 10.2. The monoisotopic (exact) mass is 461 g/mol. The minimum absolute atomic E-state index is 0.708. The van der Waals surface area contributed by atoms with Crippen LogP contribution in [0.4, 0.5) is 0 Å². The summed E-state index contributed by atoms with van der Waals surface area (Å²) in [7, 11) is 0. The van der Waals surface area contributed by atoms with Gasteiger partial charge >= 0.3 is 0 Å². The second-order valence-electron chi connectivity index (χ2n) is 8.03. The van der Waals surface area contributed by atoms with Crippen molar-refractivity contribution in [2.75, 3.05) is 0 Å². The van der Waals surface area contributed by atoms with Gasteiger partial charge in [-0.15, -0.1) is 11.3 Å². The molecule has 0 spiro atoms. The Labute approximate surface area is 198 Å². The first kappa shape index (κ1) is 18.8. The SMILES string of the molecule is Clc1ccc2sc3c(-n4c5ccccc5c5ccccc54)nc(-c4ccccc4)nc3c2c1. The molecule has 33 heavy (non-hydrogen) atoms. The summed E-state index contributed by atoms with van der Waals surface area (Å²) in [6.45, 7) is 0. The molecular weight excluding hydrogens is 446 g/mol. The van der Waals surface area contributed by atoms with E-state index in [4.69, 9.17) is 21.6 Å². The van der Waals surface area contributed by atoms with Gasteiger partial charge < -0.3 is 0 Å². The number of thiophene rings is 1. The Morgan fingerprint density at radius 1 is 0.667 bits per heavy atom. The van der Waals surface area contributed by atoms with Crippen LogP contribution in [0.2, 0.25) is 5.02 Å². The molecule has 156 valence electrons. The molecule has 0 bridgehead atoms. The second-order valence-corrected chi connectivity index (χ2v) is 9.52. The van der Waals surface area contributed by atoms with Crippen molar-refractivity contribution in [3.63, 3.8) is 0 Å². The molecule has 0 aliphatic heterocycles. The van der Waals surface area contributed by atoms with Gasteiger partial charge in [0.1, 0.15) is 0 Å². The van der Waals surface area contributed by atoms with Gasteiger partial charge in [0.25, 0.3) is 0 Å². The molecule has 3 heterocycles. The highest BCUT2D eigenvalue weighted by molar-refractivity contribution is 7.26. The molecule has 0 saturated heterocycles. The maximum absolute atomic E-state index is 6.38. The predicted molar refractivity (Wildman–Crippen MR) is 140 cm³/mol. The van der Waals surface area contributed by atoms with Crippen LogP contribution in [0, 0.1) is 0 Å². The van der Waals surface area contributed by atoms with E-state index in [9.17, 15) is 0 Å². The van der Waals surface area contributed by atoms with Gasteiger partial charge in [0.05, 0.1) is 21.3 Å². The fourth-order valence-electron chi connectivity index (χ4n) is 4.62. The van der Waals surface area contributed by atoms with Crippen LogP contribution >= 0.6 is 22.9 Å². The lowest BCUT2D eigenvalue weighted by Gasteiger charge is -2.10. The van der Waals surface area contributed by atoms with Gasteiger partial charge in [0.15, 0.2) is 11.6 Å². The Kier molecular flexibility index (Phi) is 4.07. The number of hydrogen-bond acceptors (Lipinski definition) is 3. The molecule has 0 amide bonds. The van der Waals surface area contributed by atoms with Crippen molar-refractivity contribution in [2.24, 2.45) is 0 Å².